The number of nitrogens with zero attached hydrogens (tertiary/aromatic N) is 4. The average Bonchev–Trinajstić information content (AvgIpc) is 2.82. The Balaban J connectivity index is 2.25. The summed E-state index contributed by atoms with van der Waals surface area (Å²) in [7, 11) is 3.88. The van der Waals surface area contributed by atoms with Gasteiger partial charge in [-0.1, -0.05) is 0 Å². The maximum absolute atomic E-state index is 9.44. The van der Waals surface area contributed by atoms with Gasteiger partial charge in [-0.25, -0.2) is 4.98 Å². The van der Waals surface area contributed by atoms with Gasteiger partial charge in [-0.3, -0.25) is 4.68 Å². The lowest BCUT2D eigenvalue weighted by atomic mass is 10.2. The molecule has 2 rings (SSSR count). The van der Waals surface area contributed by atoms with E-state index < -0.39 is 0 Å². The predicted octanol–water partition coefficient (Wildman–Crippen LogP) is 1.62. The van der Waals surface area contributed by atoms with E-state index in [2.05, 4.69) is 20.4 Å². The Morgan fingerprint density at radius 1 is 1.44 bits per heavy atom. The molecule has 0 aliphatic carbocycles. The number of aliphatic hydroxyl groups is 1. The fraction of sp³-hybridized carbons (Fsp3) is 0.500. The summed E-state index contributed by atoms with van der Waals surface area (Å²) in [6, 6.07) is 0. The van der Waals surface area contributed by atoms with Crippen LogP contribution in [0.2, 0.25) is 0 Å². The highest BCUT2D eigenvalue weighted by atomic mass is 32.1. The van der Waals surface area contributed by atoms with E-state index in [-0.39, 0.29) is 6.61 Å². The number of aryl methyl sites for hydroxylation is 3. The molecular formula is C12H18N4OS. The number of anilines is 1. The summed E-state index contributed by atoms with van der Waals surface area (Å²) < 4.78 is 1.81. The van der Waals surface area contributed by atoms with Gasteiger partial charge in [0.15, 0.2) is 0 Å². The number of hydrogen-bond donors (Lipinski definition) is 1. The lowest BCUT2D eigenvalue weighted by Crippen LogP contribution is -2.21. The third kappa shape index (κ3) is 2.39. The Morgan fingerprint density at radius 3 is 2.72 bits per heavy atom. The fourth-order valence-electron chi connectivity index (χ4n) is 2.15. The molecule has 0 bridgehead atoms. The molecule has 0 aliphatic heterocycles. The van der Waals surface area contributed by atoms with E-state index in [0.717, 1.165) is 34.3 Å². The van der Waals surface area contributed by atoms with E-state index in [4.69, 9.17) is 0 Å². The van der Waals surface area contributed by atoms with Gasteiger partial charge in [-0.05, 0) is 13.8 Å². The van der Waals surface area contributed by atoms with Gasteiger partial charge in [0.1, 0.15) is 5.82 Å². The van der Waals surface area contributed by atoms with E-state index in [1.807, 2.05) is 27.9 Å². The predicted molar refractivity (Wildman–Crippen MR) is 72.8 cm³/mol. The number of hydrogen-bond acceptors (Lipinski definition) is 5. The first-order chi connectivity index (χ1) is 8.52. The van der Waals surface area contributed by atoms with E-state index >= 15 is 0 Å². The molecule has 2 aromatic rings. The molecular weight excluding hydrogens is 248 g/mol. The van der Waals surface area contributed by atoms with Gasteiger partial charge >= 0.3 is 0 Å². The maximum atomic E-state index is 9.44. The van der Waals surface area contributed by atoms with Crippen LogP contribution < -0.4 is 4.90 Å². The van der Waals surface area contributed by atoms with Gasteiger partial charge in [0.25, 0.3) is 0 Å². The molecule has 0 atom stereocenters. The highest BCUT2D eigenvalue weighted by Gasteiger charge is 2.16. The zero-order valence-electron chi connectivity index (χ0n) is 11.1. The molecule has 98 valence electrons. The van der Waals surface area contributed by atoms with Gasteiger partial charge in [0.2, 0.25) is 0 Å². The van der Waals surface area contributed by atoms with E-state index in [1.165, 1.54) is 0 Å². The molecule has 0 radical (unpaired) electrons. The van der Waals surface area contributed by atoms with Gasteiger partial charge < -0.3 is 10.0 Å². The molecule has 0 saturated heterocycles. The third-order valence-corrected chi connectivity index (χ3v) is 3.72. The van der Waals surface area contributed by atoms with Gasteiger partial charge in [0, 0.05) is 25.0 Å². The second kappa shape index (κ2) is 5.07. The van der Waals surface area contributed by atoms with Gasteiger partial charge in [-0.2, -0.15) is 5.10 Å². The van der Waals surface area contributed by atoms with Crippen LogP contribution in [0.25, 0.3) is 0 Å². The molecule has 5 nitrogen and oxygen atoms in total. The Labute approximate surface area is 111 Å². The lowest BCUT2D eigenvalue weighted by Gasteiger charge is -2.19. The van der Waals surface area contributed by atoms with Crippen molar-refractivity contribution in [2.75, 3.05) is 11.9 Å². The van der Waals surface area contributed by atoms with Gasteiger partial charge in [-0.15, -0.1) is 11.3 Å². The Morgan fingerprint density at radius 2 is 2.17 bits per heavy atom. The summed E-state index contributed by atoms with van der Waals surface area (Å²) in [6.07, 6.45) is 0. The van der Waals surface area contributed by atoms with Crippen molar-refractivity contribution in [1.29, 1.82) is 0 Å². The SMILES string of the molecule is Cc1nc(CN(C)c2c(CO)c(C)nn2C)cs1. The molecule has 6 heteroatoms. The van der Waals surface area contributed by atoms with Crippen LogP contribution in [0, 0.1) is 13.8 Å². The largest absolute Gasteiger partial charge is 0.391 e. The number of aliphatic hydroxyl groups excluding tert-OH is 1. The summed E-state index contributed by atoms with van der Waals surface area (Å²) >= 11 is 1.65. The van der Waals surface area contributed by atoms with Crippen LogP contribution in [0.3, 0.4) is 0 Å². The minimum Gasteiger partial charge on any atom is -0.391 e. The van der Waals surface area contributed by atoms with Crippen LogP contribution >= 0.6 is 11.3 Å². The second-order valence-electron chi connectivity index (χ2n) is 4.38. The number of aromatic nitrogens is 3. The average molecular weight is 266 g/mol. The van der Waals surface area contributed by atoms with Crippen LogP contribution in [0.5, 0.6) is 0 Å². The zero-order valence-corrected chi connectivity index (χ0v) is 12.0. The summed E-state index contributed by atoms with van der Waals surface area (Å²) in [5.41, 5.74) is 2.80. The Kier molecular flexibility index (Phi) is 3.68. The standard InChI is InChI=1S/C12H18N4OS/c1-8-11(6-17)12(16(4)14-8)15(3)5-10-7-18-9(2)13-10/h7,17H,5-6H2,1-4H3. The summed E-state index contributed by atoms with van der Waals surface area (Å²) in [5, 5.41) is 16.9. The van der Waals surface area contributed by atoms with Crippen LogP contribution in [0.1, 0.15) is 22.0 Å². The molecule has 0 aliphatic rings. The Bertz CT molecular complexity index is 546. The van der Waals surface area contributed by atoms with Crippen molar-refractivity contribution in [3.8, 4) is 0 Å². The van der Waals surface area contributed by atoms with Crippen LogP contribution in [-0.2, 0) is 20.2 Å². The summed E-state index contributed by atoms with van der Waals surface area (Å²) in [5.74, 6) is 0.945. The van der Waals surface area contributed by atoms with E-state index in [0.29, 0.717) is 0 Å². The molecule has 0 saturated carbocycles. The zero-order chi connectivity index (χ0) is 13.3. The first kappa shape index (κ1) is 13.0. The molecule has 1 N–H and O–H groups in total. The van der Waals surface area contributed by atoms with Crippen molar-refractivity contribution in [3.05, 3.63) is 27.3 Å². The van der Waals surface area contributed by atoms with Crippen molar-refractivity contribution >= 4 is 17.2 Å². The quantitative estimate of drug-likeness (QED) is 0.913. The normalized spacial score (nSPS) is 10.9. The number of rotatable bonds is 4. The Hall–Kier alpha value is -1.40. The van der Waals surface area contributed by atoms with E-state index in [9.17, 15) is 5.11 Å². The molecule has 2 aromatic heterocycles. The molecule has 0 unspecified atom stereocenters. The van der Waals surface area contributed by atoms with Crippen molar-refractivity contribution in [2.24, 2.45) is 7.05 Å². The van der Waals surface area contributed by atoms with Crippen LogP contribution in [0.4, 0.5) is 5.82 Å². The van der Waals surface area contributed by atoms with Crippen LogP contribution in [0.15, 0.2) is 5.38 Å². The monoisotopic (exact) mass is 266 g/mol. The molecule has 0 amide bonds. The first-order valence-electron chi connectivity index (χ1n) is 5.78. The van der Waals surface area contributed by atoms with Crippen molar-refractivity contribution in [2.45, 2.75) is 27.0 Å². The molecule has 0 fully saturated rings. The summed E-state index contributed by atoms with van der Waals surface area (Å²) in [6.45, 7) is 4.64. The van der Waals surface area contributed by atoms with Crippen molar-refractivity contribution < 1.29 is 5.11 Å². The molecule has 0 spiro atoms. The van der Waals surface area contributed by atoms with Gasteiger partial charge in [0.05, 0.1) is 29.5 Å². The molecule has 2 heterocycles. The highest BCUT2D eigenvalue weighted by molar-refractivity contribution is 7.09. The smallest absolute Gasteiger partial charge is 0.132 e. The lowest BCUT2D eigenvalue weighted by molar-refractivity contribution is 0.281. The second-order valence-corrected chi connectivity index (χ2v) is 5.45. The minimum absolute atomic E-state index is 0.00937. The fourth-order valence-corrected chi connectivity index (χ4v) is 2.75. The maximum Gasteiger partial charge on any atom is 0.132 e. The summed E-state index contributed by atoms with van der Waals surface area (Å²) in [4.78, 5) is 6.52. The topological polar surface area (TPSA) is 54.2 Å². The molecule has 18 heavy (non-hydrogen) atoms. The number of thiazole rings is 1. The van der Waals surface area contributed by atoms with Crippen molar-refractivity contribution in [1.82, 2.24) is 14.8 Å². The van der Waals surface area contributed by atoms with Crippen LogP contribution in [-0.4, -0.2) is 26.9 Å². The van der Waals surface area contributed by atoms with E-state index in [1.54, 1.807) is 16.0 Å². The minimum atomic E-state index is 0.00937. The first-order valence-corrected chi connectivity index (χ1v) is 6.66. The highest BCUT2D eigenvalue weighted by Crippen LogP contribution is 2.23. The third-order valence-electron chi connectivity index (χ3n) is 2.90. The van der Waals surface area contributed by atoms with Crippen molar-refractivity contribution in [3.63, 3.8) is 0 Å². The molecule has 0 aromatic carbocycles.